The molecule has 0 unspecified atom stereocenters. The van der Waals surface area contributed by atoms with Gasteiger partial charge in [0.15, 0.2) is 0 Å². The van der Waals surface area contributed by atoms with E-state index < -0.39 is 0 Å². The lowest BCUT2D eigenvalue weighted by Crippen LogP contribution is -2.55. The average Bonchev–Trinajstić information content (AvgIpc) is 2.73. The van der Waals surface area contributed by atoms with Crippen LogP contribution in [0.4, 0.5) is 0 Å². The quantitative estimate of drug-likeness (QED) is 0.705. The van der Waals surface area contributed by atoms with E-state index in [9.17, 15) is 0 Å². The van der Waals surface area contributed by atoms with Crippen molar-refractivity contribution in [3.8, 4) is 0 Å². The molecule has 0 bridgehead atoms. The summed E-state index contributed by atoms with van der Waals surface area (Å²) in [5.41, 5.74) is 1.37. The summed E-state index contributed by atoms with van der Waals surface area (Å²) >= 11 is 0. The molecule has 0 aliphatic carbocycles. The second-order valence-corrected chi connectivity index (χ2v) is 5.61. The van der Waals surface area contributed by atoms with Crippen LogP contribution in [-0.4, -0.2) is 49.5 Å². The maximum atomic E-state index is 6.23. The second kappa shape index (κ2) is 5.51. The largest absolute Gasteiger partial charge is 0.378 e. The summed E-state index contributed by atoms with van der Waals surface area (Å²) in [7, 11) is 0. The number of ether oxygens (including phenoxy) is 2. The highest BCUT2D eigenvalue weighted by Gasteiger charge is 2.42. The number of rotatable bonds is 3. The molecule has 0 amide bonds. The molecule has 2 saturated heterocycles. The van der Waals surface area contributed by atoms with E-state index in [1.54, 1.807) is 0 Å². The van der Waals surface area contributed by atoms with Crippen molar-refractivity contribution in [3.63, 3.8) is 0 Å². The predicted octanol–water partition coefficient (Wildman–Crippen LogP) is 2.22. The van der Waals surface area contributed by atoms with Crippen LogP contribution in [0.3, 0.4) is 0 Å². The van der Waals surface area contributed by atoms with Gasteiger partial charge in [-0.3, -0.25) is 4.90 Å². The van der Waals surface area contributed by atoms with Crippen LogP contribution in [-0.2, 0) is 9.47 Å². The molecule has 2 atom stereocenters. The molecular weight excluding hydrogens is 214 g/mol. The van der Waals surface area contributed by atoms with Gasteiger partial charge >= 0.3 is 0 Å². The van der Waals surface area contributed by atoms with Gasteiger partial charge in [0.2, 0.25) is 0 Å². The van der Waals surface area contributed by atoms with Gasteiger partial charge in [0.05, 0.1) is 12.7 Å². The number of morpholine rings is 1. The van der Waals surface area contributed by atoms with E-state index in [0.29, 0.717) is 6.10 Å². The van der Waals surface area contributed by atoms with Crippen LogP contribution in [0.1, 0.15) is 33.6 Å². The molecule has 0 radical (unpaired) electrons. The smallest absolute Gasteiger partial charge is 0.107 e. The molecule has 2 rings (SSSR count). The molecule has 2 aliphatic heterocycles. The van der Waals surface area contributed by atoms with Gasteiger partial charge in [-0.15, -0.1) is 0 Å². The molecule has 0 aromatic carbocycles. The van der Waals surface area contributed by atoms with Crippen molar-refractivity contribution >= 4 is 0 Å². The SMILES string of the molecule is CC[C@H]1CN(CC=C(C)C)C[C@@]2(CCOC2)O1. The normalized spacial score (nSPS) is 34.2. The molecule has 0 N–H and O–H groups in total. The van der Waals surface area contributed by atoms with Gasteiger partial charge in [-0.05, 0) is 20.3 Å². The van der Waals surface area contributed by atoms with Crippen molar-refractivity contribution in [3.05, 3.63) is 11.6 Å². The first-order valence-electron chi connectivity index (χ1n) is 6.75. The molecule has 3 heteroatoms. The average molecular weight is 239 g/mol. The standard InChI is InChI=1S/C14H25NO2/c1-4-13-9-15(7-5-12(2)3)10-14(17-13)6-8-16-11-14/h5,13H,4,6-11H2,1-3H3/t13-,14+/m0/s1. The fraction of sp³-hybridized carbons (Fsp3) is 0.857. The summed E-state index contributed by atoms with van der Waals surface area (Å²) in [5.74, 6) is 0. The summed E-state index contributed by atoms with van der Waals surface area (Å²) < 4.78 is 11.8. The fourth-order valence-corrected chi connectivity index (χ4v) is 2.66. The Bertz CT molecular complexity index is 278. The van der Waals surface area contributed by atoms with Crippen LogP contribution in [0.5, 0.6) is 0 Å². The number of allylic oxidation sites excluding steroid dienone is 1. The van der Waals surface area contributed by atoms with Crippen molar-refractivity contribution in [2.45, 2.75) is 45.3 Å². The molecular formula is C14H25NO2. The summed E-state index contributed by atoms with van der Waals surface area (Å²) in [4.78, 5) is 2.51. The summed E-state index contributed by atoms with van der Waals surface area (Å²) in [6.45, 7) is 11.3. The Morgan fingerprint density at radius 1 is 1.47 bits per heavy atom. The minimum absolute atomic E-state index is 0.0194. The maximum Gasteiger partial charge on any atom is 0.107 e. The van der Waals surface area contributed by atoms with E-state index in [1.807, 2.05) is 0 Å². The van der Waals surface area contributed by atoms with Crippen molar-refractivity contribution in [1.82, 2.24) is 4.90 Å². The molecule has 17 heavy (non-hydrogen) atoms. The lowest BCUT2D eigenvalue weighted by Gasteiger charge is -2.43. The third-order valence-corrected chi connectivity index (χ3v) is 3.67. The Kier molecular flexibility index (Phi) is 4.23. The Labute approximate surface area is 105 Å². The highest BCUT2D eigenvalue weighted by atomic mass is 16.6. The fourth-order valence-electron chi connectivity index (χ4n) is 2.66. The van der Waals surface area contributed by atoms with Gasteiger partial charge < -0.3 is 9.47 Å². The van der Waals surface area contributed by atoms with Crippen LogP contribution in [0, 0.1) is 0 Å². The molecule has 2 fully saturated rings. The third kappa shape index (κ3) is 3.30. The highest BCUT2D eigenvalue weighted by molar-refractivity contribution is 4.99. The zero-order valence-electron chi connectivity index (χ0n) is 11.4. The van der Waals surface area contributed by atoms with E-state index in [2.05, 4.69) is 31.7 Å². The minimum atomic E-state index is -0.0194. The van der Waals surface area contributed by atoms with E-state index in [1.165, 1.54) is 5.57 Å². The van der Waals surface area contributed by atoms with Crippen LogP contribution in [0.15, 0.2) is 11.6 Å². The molecule has 2 aliphatic rings. The van der Waals surface area contributed by atoms with E-state index in [-0.39, 0.29) is 5.60 Å². The highest BCUT2D eigenvalue weighted by Crippen LogP contribution is 2.30. The van der Waals surface area contributed by atoms with Crippen molar-refractivity contribution in [2.24, 2.45) is 0 Å². The molecule has 3 nitrogen and oxygen atoms in total. The first kappa shape index (κ1) is 13.1. The van der Waals surface area contributed by atoms with Gasteiger partial charge in [0.1, 0.15) is 5.60 Å². The lowest BCUT2D eigenvalue weighted by molar-refractivity contribution is -0.152. The number of hydrogen-bond acceptors (Lipinski definition) is 3. The van der Waals surface area contributed by atoms with E-state index in [4.69, 9.17) is 9.47 Å². The Morgan fingerprint density at radius 3 is 2.88 bits per heavy atom. The molecule has 0 aromatic rings. The zero-order chi connectivity index (χ0) is 12.3. The number of nitrogens with zero attached hydrogens (tertiary/aromatic N) is 1. The minimum Gasteiger partial charge on any atom is -0.378 e. The first-order valence-corrected chi connectivity index (χ1v) is 6.75. The molecule has 2 heterocycles. The number of hydrogen-bond donors (Lipinski definition) is 0. The van der Waals surface area contributed by atoms with Crippen LogP contribution < -0.4 is 0 Å². The van der Waals surface area contributed by atoms with Gasteiger partial charge in [-0.25, -0.2) is 0 Å². The Hall–Kier alpha value is -0.380. The summed E-state index contributed by atoms with van der Waals surface area (Å²) in [6, 6.07) is 0. The van der Waals surface area contributed by atoms with Crippen molar-refractivity contribution in [2.75, 3.05) is 32.8 Å². The predicted molar refractivity (Wildman–Crippen MR) is 69.2 cm³/mol. The Balaban J connectivity index is 1.99. The topological polar surface area (TPSA) is 21.7 Å². The maximum absolute atomic E-state index is 6.23. The molecule has 0 aromatic heterocycles. The van der Waals surface area contributed by atoms with Gasteiger partial charge in [-0.2, -0.15) is 0 Å². The monoisotopic (exact) mass is 239 g/mol. The van der Waals surface area contributed by atoms with Gasteiger partial charge in [0, 0.05) is 32.7 Å². The lowest BCUT2D eigenvalue weighted by atomic mass is 9.98. The first-order chi connectivity index (χ1) is 8.13. The summed E-state index contributed by atoms with van der Waals surface area (Å²) in [5, 5.41) is 0. The summed E-state index contributed by atoms with van der Waals surface area (Å²) in [6.07, 6.45) is 4.82. The van der Waals surface area contributed by atoms with Gasteiger partial charge in [0.25, 0.3) is 0 Å². The van der Waals surface area contributed by atoms with E-state index >= 15 is 0 Å². The zero-order valence-corrected chi connectivity index (χ0v) is 11.4. The van der Waals surface area contributed by atoms with Crippen LogP contribution in [0.2, 0.25) is 0 Å². The van der Waals surface area contributed by atoms with Crippen molar-refractivity contribution < 1.29 is 9.47 Å². The van der Waals surface area contributed by atoms with Crippen LogP contribution in [0.25, 0.3) is 0 Å². The second-order valence-electron chi connectivity index (χ2n) is 5.61. The third-order valence-electron chi connectivity index (χ3n) is 3.67. The molecule has 1 spiro atoms. The van der Waals surface area contributed by atoms with Crippen molar-refractivity contribution in [1.29, 1.82) is 0 Å². The molecule has 98 valence electrons. The van der Waals surface area contributed by atoms with Crippen LogP contribution >= 0.6 is 0 Å². The Morgan fingerprint density at radius 2 is 2.29 bits per heavy atom. The van der Waals surface area contributed by atoms with E-state index in [0.717, 1.165) is 45.7 Å². The van der Waals surface area contributed by atoms with Gasteiger partial charge in [-0.1, -0.05) is 18.6 Å². The molecule has 0 saturated carbocycles.